The summed E-state index contributed by atoms with van der Waals surface area (Å²) in [6, 6.07) is 5.21. The van der Waals surface area contributed by atoms with Gasteiger partial charge in [0, 0.05) is 29.8 Å². The van der Waals surface area contributed by atoms with Crippen LogP contribution in [0.1, 0.15) is 32.4 Å². The molecule has 0 radical (unpaired) electrons. The van der Waals surface area contributed by atoms with Gasteiger partial charge in [-0.3, -0.25) is 4.79 Å². The van der Waals surface area contributed by atoms with Gasteiger partial charge in [0.05, 0.1) is 11.4 Å². The number of ether oxygens (including phenoxy) is 1. The van der Waals surface area contributed by atoms with Crippen molar-refractivity contribution in [1.29, 1.82) is 0 Å². The molecule has 0 saturated carbocycles. The quantitative estimate of drug-likeness (QED) is 0.427. The number of nitrogens with zero attached hydrogens (tertiary/aromatic N) is 7. The number of esters is 1. The summed E-state index contributed by atoms with van der Waals surface area (Å²) in [5, 5.41) is 7.54. The van der Waals surface area contributed by atoms with E-state index < -0.39 is 18.5 Å². The van der Waals surface area contributed by atoms with Gasteiger partial charge in [0.25, 0.3) is 11.9 Å². The Balaban J connectivity index is 1.44. The van der Waals surface area contributed by atoms with Crippen molar-refractivity contribution in [3.05, 3.63) is 58.2 Å². The largest absolute Gasteiger partial charge is 0.451 e. The highest BCUT2D eigenvalue weighted by atomic mass is 32.1. The average Bonchev–Trinajstić information content (AvgIpc) is 3.34. The Morgan fingerprint density at radius 2 is 1.70 bits per heavy atom. The van der Waals surface area contributed by atoms with Crippen LogP contribution in [0, 0.1) is 27.7 Å². The van der Waals surface area contributed by atoms with Crippen LogP contribution < -0.4 is 5.32 Å². The Labute approximate surface area is 192 Å². The van der Waals surface area contributed by atoms with Gasteiger partial charge in [0.1, 0.15) is 10.7 Å². The lowest BCUT2D eigenvalue weighted by Crippen LogP contribution is -2.22. The lowest BCUT2D eigenvalue weighted by molar-refractivity contribution is -0.119. The Kier molecular flexibility index (Phi) is 6.18. The number of hydrogen-bond donors (Lipinski definition) is 1. The van der Waals surface area contributed by atoms with Gasteiger partial charge in [-0.05, 0) is 39.8 Å². The van der Waals surface area contributed by atoms with E-state index in [1.807, 2.05) is 19.9 Å². The van der Waals surface area contributed by atoms with Crippen molar-refractivity contribution in [2.45, 2.75) is 27.7 Å². The molecule has 4 aromatic heterocycles. The van der Waals surface area contributed by atoms with Crippen LogP contribution >= 0.6 is 11.3 Å². The van der Waals surface area contributed by atoms with E-state index in [1.54, 1.807) is 38.4 Å². The van der Waals surface area contributed by atoms with Crippen LogP contribution in [0.4, 0.5) is 5.82 Å². The Hall–Kier alpha value is -4.06. The number of nitrogens with one attached hydrogen (secondary N) is 1. The average molecular weight is 465 g/mol. The van der Waals surface area contributed by atoms with Crippen LogP contribution in [0.3, 0.4) is 0 Å². The van der Waals surface area contributed by atoms with Gasteiger partial charge in [0.15, 0.2) is 17.4 Å². The zero-order chi connectivity index (χ0) is 23.5. The molecular weight excluding hydrogens is 444 g/mol. The van der Waals surface area contributed by atoms with Crippen molar-refractivity contribution in [2.75, 3.05) is 11.9 Å². The second kappa shape index (κ2) is 9.20. The number of aryl methyl sites for hydroxylation is 4. The minimum absolute atomic E-state index is 0.287. The predicted molar refractivity (Wildman–Crippen MR) is 120 cm³/mol. The summed E-state index contributed by atoms with van der Waals surface area (Å²) in [6.07, 6.45) is 3.19. The van der Waals surface area contributed by atoms with E-state index >= 15 is 0 Å². The Morgan fingerprint density at radius 1 is 1.00 bits per heavy atom. The number of hydrogen-bond acceptors (Lipinski definition) is 10. The number of carbonyl (C=O) groups is 2. The molecule has 11 nitrogen and oxygen atoms in total. The van der Waals surface area contributed by atoms with Crippen LogP contribution in [-0.4, -0.2) is 53.2 Å². The van der Waals surface area contributed by atoms with Crippen LogP contribution in [-0.2, 0) is 9.53 Å². The van der Waals surface area contributed by atoms with Crippen LogP contribution in [0.25, 0.3) is 16.8 Å². The van der Waals surface area contributed by atoms with Gasteiger partial charge < -0.3 is 10.1 Å². The minimum Gasteiger partial charge on any atom is -0.451 e. The first-order chi connectivity index (χ1) is 15.8. The second-order valence-electron chi connectivity index (χ2n) is 7.16. The summed E-state index contributed by atoms with van der Waals surface area (Å²) < 4.78 is 6.64. The molecule has 168 valence electrons. The van der Waals surface area contributed by atoms with Gasteiger partial charge in [-0.1, -0.05) is 0 Å². The van der Waals surface area contributed by atoms with Gasteiger partial charge in [-0.25, -0.2) is 29.7 Å². The van der Waals surface area contributed by atoms with Crippen molar-refractivity contribution in [3.63, 3.8) is 0 Å². The maximum atomic E-state index is 12.5. The van der Waals surface area contributed by atoms with Gasteiger partial charge in [-0.2, -0.15) is 9.78 Å². The van der Waals surface area contributed by atoms with E-state index in [1.165, 1.54) is 4.68 Å². The van der Waals surface area contributed by atoms with Gasteiger partial charge in [0.2, 0.25) is 0 Å². The van der Waals surface area contributed by atoms with Crippen molar-refractivity contribution in [2.24, 2.45) is 0 Å². The highest BCUT2D eigenvalue weighted by Crippen LogP contribution is 2.25. The number of anilines is 1. The molecule has 0 aromatic carbocycles. The fraction of sp³-hybridized carbons (Fsp3) is 0.238. The van der Waals surface area contributed by atoms with Crippen molar-refractivity contribution >= 4 is 29.0 Å². The monoisotopic (exact) mass is 464 g/mol. The third-order valence-corrected chi connectivity index (χ3v) is 5.47. The molecule has 33 heavy (non-hydrogen) atoms. The van der Waals surface area contributed by atoms with E-state index in [-0.39, 0.29) is 4.88 Å². The summed E-state index contributed by atoms with van der Waals surface area (Å²) in [5.41, 5.74) is 2.70. The summed E-state index contributed by atoms with van der Waals surface area (Å²) in [5.74, 6) is -0.0492. The van der Waals surface area contributed by atoms with Crippen LogP contribution in [0.5, 0.6) is 0 Å². The number of rotatable bonds is 6. The molecule has 0 bridgehead atoms. The van der Waals surface area contributed by atoms with Crippen LogP contribution in [0.15, 0.2) is 30.6 Å². The molecule has 0 fully saturated rings. The normalized spacial score (nSPS) is 10.8. The number of aromatic nitrogens is 7. The zero-order valence-electron chi connectivity index (χ0n) is 18.4. The molecule has 12 heteroatoms. The molecule has 4 rings (SSSR count). The van der Waals surface area contributed by atoms with Crippen molar-refractivity contribution in [1.82, 2.24) is 34.7 Å². The first-order valence-electron chi connectivity index (χ1n) is 9.91. The highest BCUT2D eigenvalue weighted by Gasteiger charge is 2.20. The topological polar surface area (TPSA) is 138 Å². The molecule has 0 unspecified atom stereocenters. The van der Waals surface area contributed by atoms with Crippen molar-refractivity contribution < 1.29 is 14.3 Å². The molecule has 0 spiro atoms. The van der Waals surface area contributed by atoms with E-state index in [0.29, 0.717) is 34.0 Å². The highest BCUT2D eigenvalue weighted by molar-refractivity contribution is 7.16. The third-order valence-electron chi connectivity index (χ3n) is 4.33. The molecule has 4 aromatic rings. The maximum absolute atomic E-state index is 12.5. The molecule has 0 saturated heterocycles. The molecule has 4 heterocycles. The summed E-state index contributed by atoms with van der Waals surface area (Å²) in [4.78, 5) is 46.6. The Bertz CT molecular complexity index is 1310. The molecule has 0 aliphatic carbocycles. The molecule has 1 N–H and O–H groups in total. The molecular formula is C21H20N8O3S. The fourth-order valence-corrected chi connectivity index (χ4v) is 3.92. The van der Waals surface area contributed by atoms with E-state index in [2.05, 4.69) is 35.3 Å². The molecule has 1 amide bonds. The molecule has 0 aliphatic rings. The Morgan fingerprint density at radius 3 is 2.39 bits per heavy atom. The number of carbonyl (C=O) groups excluding carboxylic acids is 2. The standard InChI is InChI=1S/C21H20N8O3S/c1-11-8-12(2)25-21(24-11)29-15(9-13(3)28-29)27-16(30)10-32-20(31)17-14(4)26-19(33-17)18-22-6-5-7-23-18/h5-9H,10H2,1-4H3,(H,27,30). The van der Waals surface area contributed by atoms with Crippen molar-refractivity contribution in [3.8, 4) is 16.8 Å². The second-order valence-corrected chi connectivity index (χ2v) is 8.16. The van der Waals surface area contributed by atoms with E-state index in [0.717, 1.165) is 22.7 Å². The van der Waals surface area contributed by atoms with Gasteiger partial charge in [-0.15, -0.1) is 11.3 Å². The number of thiazole rings is 1. The third kappa shape index (κ3) is 5.06. The van der Waals surface area contributed by atoms with E-state index in [9.17, 15) is 9.59 Å². The zero-order valence-corrected chi connectivity index (χ0v) is 19.2. The van der Waals surface area contributed by atoms with E-state index in [4.69, 9.17) is 4.74 Å². The predicted octanol–water partition coefficient (Wildman–Crippen LogP) is 2.60. The molecule has 0 aliphatic heterocycles. The summed E-state index contributed by atoms with van der Waals surface area (Å²) in [7, 11) is 0. The fourth-order valence-electron chi connectivity index (χ4n) is 3.01. The maximum Gasteiger partial charge on any atom is 0.350 e. The van der Waals surface area contributed by atoms with Crippen LogP contribution in [0.2, 0.25) is 0 Å². The summed E-state index contributed by atoms with van der Waals surface area (Å²) >= 11 is 1.11. The minimum atomic E-state index is -0.648. The van der Waals surface area contributed by atoms with Gasteiger partial charge >= 0.3 is 5.97 Å². The lowest BCUT2D eigenvalue weighted by Gasteiger charge is -2.09. The smallest absolute Gasteiger partial charge is 0.350 e. The molecule has 0 atom stereocenters. The summed E-state index contributed by atoms with van der Waals surface area (Å²) in [6.45, 7) is 6.69. The lowest BCUT2D eigenvalue weighted by atomic mass is 10.4. The first-order valence-corrected chi connectivity index (χ1v) is 10.7. The number of amides is 1. The first kappa shape index (κ1) is 22.1. The SMILES string of the molecule is Cc1cc(C)nc(-n2nc(C)cc2NC(=O)COC(=O)c2sc(-c3ncccn3)nc2C)n1.